The Bertz CT molecular complexity index is 540. The third-order valence-electron chi connectivity index (χ3n) is 4.47. The van der Waals surface area contributed by atoms with E-state index in [-0.39, 0.29) is 18.4 Å². The molecule has 1 fully saturated rings. The smallest absolute Gasteiger partial charge is 0.308 e. The highest BCUT2D eigenvalue weighted by atomic mass is 16.6. The standard InChI is InChI=1S/C19H29NO4/c1-13(14-8-6-5-7-9-14)20-11-10-16(21)18(23)15(20)12-17(22)24-19(2,3)4/h5-9,13,15-16,18,21,23H,10-12H2,1-4H3/t13-,15+,16-,18-/m1/s1. The van der Waals surface area contributed by atoms with Gasteiger partial charge in [-0.15, -0.1) is 0 Å². The van der Waals surface area contributed by atoms with Gasteiger partial charge in [0.2, 0.25) is 0 Å². The van der Waals surface area contributed by atoms with Crippen molar-refractivity contribution in [2.75, 3.05) is 6.54 Å². The lowest BCUT2D eigenvalue weighted by Crippen LogP contribution is -2.56. The lowest BCUT2D eigenvalue weighted by molar-refractivity contribution is -0.161. The van der Waals surface area contributed by atoms with Crippen molar-refractivity contribution in [2.45, 2.75) is 70.4 Å². The van der Waals surface area contributed by atoms with Crippen LogP contribution >= 0.6 is 0 Å². The number of likely N-dealkylation sites (tertiary alicyclic amines) is 1. The van der Waals surface area contributed by atoms with Gasteiger partial charge in [0.15, 0.2) is 0 Å². The Morgan fingerprint density at radius 2 is 1.92 bits per heavy atom. The van der Waals surface area contributed by atoms with E-state index in [0.717, 1.165) is 5.56 Å². The number of aliphatic hydroxyl groups excluding tert-OH is 2. The van der Waals surface area contributed by atoms with E-state index in [9.17, 15) is 15.0 Å². The molecule has 4 atom stereocenters. The predicted octanol–water partition coefficient (Wildman–Crippen LogP) is 2.28. The number of ether oxygens (including phenoxy) is 1. The summed E-state index contributed by atoms with van der Waals surface area (Å²) in [6.07, 6.45) is -1.22. The fourth-order valence-corrected chi connectivity index (χ4v) is 3.27. The summed E-state index contributed by atoms with van der Waals surface area (Å²) in [4.78, 5) is 14.3. The van der Waals surface area contributed by atoms with E-state index in [1.165, 1.54) is 0 Å². The van der Waals surface area contributed by atoms with Crippen molar-refractivity contribution in [3.63, 3.8) is 0 Å². The fourth-order valence-electron chi connectivity index (χ4n) is 3.27. The van der Waals surface area contributed by atoms with Crippen LogP contribution in [0.2, 0.25) is 0 Å². The summed E-state index contributed by atoms with van der Waals surface area (Å²) in [7, 11) is 0. The second kappa shape index (κ2) is 7.64. The molecule has 0 radical (unpaired) electrons. The Morgan fingerprint density at radius 1 is 1.29 bits per heavy atom. The fraction of sp³-hybridized carbons (Fsp3) is 0.632. The molecular formula is C19H29NO4. The molecule has 0 amide bonds. The Morgan fingerprint density at radius 3 is 2.50 bits per heavy atom. The van der Waals surface area contributed by atoms with Crippen LogP contribution in [0.1, 0.15) is 52.1 Å². The van der Waals surface area contributed by atoms with Crippen LogP contribution < -0.4 is 0 Å². The molecule has 5 heteroatoms. The van der Waals surface area contributed by atoms with E-state index in [1.54, 1.807) is 0 Å². The summed E-state index contributed by atoms with van der Waals surface area (Å²) < 4.78 is 5.40. The molecule has 0 saturated carbocycles. The number of hydrogen-bond donors (Lipinski definition) is 2. The van der Waals surface area contributed by atoms with Crippen LogP contribution in [0.3, 0.4) is 0 Å². The molecule has 1 aliphatic rings. The second-order valence-electron chi connectivity index (χ2n) is 7.53. The van der Waals surface area contributed by atoms with Crippen molar-refractivity contribution < 1.29 is 19.7 Å². The van der Waals surface area contributed by atoms with Crippen LogP contribution in [0.25, 0.3) is 0 Å². The molecule has 1 heterocycles. The van der Waals surface area contributed by atoms with E-state index in [4.69, 9.17) is 4.74 Å². The molecule has 1 aromatic carbocycles. The van der Waals surface area contributed by atoms with Crippen molar-refractivity contribution in [2.24, 2.45) is 0 Å². The Labute approximate surface area is 144 Å². The molecule has 0 bridgehead atoms. The summed E-state index contributed by atoms with van der Waals surface area (Å²) in [6.45, 7) is 8.15. The van der Waals surface area contributed by atoms with Crippen LogP contribution in [0.4, 0.5) is 0 Å². The Kier molecular flexibility index (Phi) is 6.01. The van der Waals surface area contributed by atoms with E-state index in [0.29, 0.717) is 13.0 Å². The van der Waals surface area contributed by atoms with Crippen molar-refractivity contribution in [3.8, 4) is 0 Å². The first-order valence-corrected chi connectivity index (χ1v) is 8.57. The average molecular weight is 335 g/mol. The van der Waals surface area contributed by atoms with Gasteiger partial charge in [0, 0.05) is 18.6 Å². The van der Waals surface area contributed by atoms with Crippen molar-refractivity contribution in [3.05, 3.63) is 35.9 Å². The molecule has 5 nitrogen and oxygen atoms in total. The van der Waals surface area contributed by atoms with Crippen LogP contribution in [0, 0.1) is 0 Å². The summed E-state index contributed by atoms with van der Waals surface area (Å²) in [5, 5.41) is 20.5. The SMILES string of the molecule is C[C@H](c1ccccc1)N1CC[C@@H](O)[C@H](O)[C@@H]1CC(=O)OC(C)(C)C. The molecular weight excluding hydrogens is 306 g/mol. The van der Waals surface area contributed by atoms with Gasteiger partial charge in [-0.05, 0) is 39.7 Å². The molecule has 0 unspecified atom stereocenters. The lowest BCUT2D eigenvalue weighted by atomic mass is 9.90. The maximum absolute atomic E-state index is 12.2. The predicted molar refractivity (Wildman–Crippen MR) is 92.4 cm³/mol. The topological polar surface area (TPSA) is 70.0 Å². The van der Waals surface area contributed by atoms with Crippen LogP contribution in [0.15, 0.2) is 30.3 Å². The highest BCUT2D eigenvalue weighted by Crippen LogP contribution is 2.30. The monoisotopic (exact) mass is 335 g/mol. The molecule has 24 heavy (non-hydrogen) atoms. The quantitative estimate of drug-likeness (QED) is 0.826. The van der Waals surface area contributed by atoms with E-state index in [1.807, 2.05) is 51.1 Å². The molecule has 1 aromatic rings. The van der Waals surface area contributed by atoms with E-state index < -0.39 is 23.9 Å². The normalized spacial score (nSPS) is 26.8. The highest BCUT2D eigenvalue weighted by molar-refractivity contribution is 5.70. The van der Waals surface area contributed by atoms with Gasteiger partial charge in [0.1, 0.15) is 5.60 Å². The molecule has 0 spiro atoms. The number of nitrogens with zero attached hydrogens (tertiary/aromatic N) is 1. The summed E-state index contributed by atoms with van der Waals surface area (Å²) >= 11 is 0. The lowest BCUT2D eigenvalue weighted by Gasteiger charge is -2.44. The third kappa shape index (κ3) is 4.79. The minimum absolute atomic E-state index is 0.0424. The zero-order chi connectivity index (χ0) is 17.9. The number of hydrogen-bond acceptors (Lipinski definition) is 5. The van der Waals surface area contributed by atoms with Gasteiger partial charge >= 0.3 is 5.97 Å². The van der Waals surface area contributed by atoms with Gasteiger partial charge in [-0.25, -0.2) is 0 Å². The van der Waals surface area contributed by atoms with E-state index in [2.05, 4.69) is 11.8 Å². The highest BCUT2D eigenvalue weighted by Gasteiger charge is 2.40. The van der Waals surface area contributed by atoms with Crippen molar-refractivity contribution in [1.29, 1.82) is 0 Å². The molecule has 134 valence electrons. The largest absolute Gasteiger partial charge is 0.460 e. The first kappa shape index (κ1) is 18.9. The van der Waals surface area contributed by atoms with Gasteiger partial charge in [0.25, 0.3) is 0 Å². The first-order chi connectivity index (χ1) is 11.2. The molecule has 2 rings (SSSR count). The molecule has 2 N–H and O–H groups in total. The number of esters is 1. The first-order valence-electron chi connectivity index (χ1n) is 8.57. The minimum atomic E-state index is -0.961. The minimum Gasteiger partial charge on any atom is -0.460 e. The number of carbonyl (C=O) groups is 1. The van der Waals surface area contributed by atoms with Gasteiger partial charge in [0.05, 0.1) is 18.6 Å². The van der Waals surface area contributed by atoms with Crippen molar-refractivity contribution in [1.82, 2.24) is 4.90 Å². The number of aliphatic hydroxyl groups is 2. The maximum Gasteiger partial charge on any atom is 0.308 e. The summed E-state index contributed by atoms with van der Waals surface area (Å²) in [6, 6.07) is 9.57. The van der Waals surface area contributed by atoms with Gasteiger partial charge in [-0.3, -0.25) is 9.69 Å². The number of rotatable bonds is 4. The molecule has 1 saturated heterocycles. The summed E-state index contributed by atoms with van der Waals surface area (Å²) in [5.74, 6) is -0.356. The molecule has 0 aliphatic carbocycles. The van der Waals surface area contributed by atoms with Gasteiger partial charge in [-0.1, -0.05) is 30.3 Å². The van der Waals surface area contributed by atoms with Gasteiger partial charge < -0.3 is 14.9 Å². The molecule has 0 aromatic heterocycles. The molecule has 1 aliphatic heterocycles. The number of benzene rings is 1. The van der Waals surface area contributed by atoms with Gasteiger partial charge in [-0.2, -0.15) is 0 Å². The number of carbonyl (C=O) groups excluding carboxylic acids is 1. The maximum atomic E-state index is 12.2. The van der Waals surface area contributed by atoms with E-state index >= 15 is 0 Å². The Balaban J connectivity index is 2.16. The third-order valence-corrected chi connectivity index (χ3v) is 4.47. The second-order valence-corrected chi connectivity index (χ2v) is 7.53. The average Bonchev–Trinajstić information content (AvgIpc) is 2.50. The zero-order valence-corrected chi connectivity index (χ0v) is 15.0. The van der Waals surface area contributed by atoms with Crippen LogP contribution in [-0.2, 0) is 9.53 Å². The summed E-state index contributed by atoms with van der Waals surface area (Å²) in [5.41, 5.74) is 0.556. The van der Waals surface area contributed by atoms with Crippen LogP contribution in [0.5, 0.6) is 0 Å². The Hall–Kier alpha value is -1.43. The number of piperidine rings is 1. The zero-order valence-electron chi connectivity index (χ0n) is 15.0. The van der Waals surface area contributed by atoms with Crippen molar-refractivity contribution >= 4 is 5.97 Å². The van der Waals surface area contributed by atoms with Crippen LogP contribution in [-0.4, -0.2) is 51.5 Å².